The van der Waals surface area contributed by atoms with Gasteiger partial charge < -0.3 is 0 Å². The summed E-state index contributed by atoms with van der Waals surface area (Å²) in [5.41, 5.74) is 2.30. The molecule has 0 atom stereocenters. The molecule has 0 aromatic carbocycles. The molecule has 0 aliphatic rings. The fourth-order valence-electron chi connectivity index (χ4n) is 1.89. The summed E-state index contributed by atoms with van der Waals surface area (Å²) in [5.74, 6) is 0. The smallest absolute Gasteiger partial charge is 0.244 e. The van der Waals surface area contributed by atoms with Gasteiger partial charge in [-0.15, -0.1) is 0 Å². The van der Waals surface area contributed by atoms with Gasteiger partial charge in [-0.2, -0.15) is 10.2 Å². The average Bonchev–Trinajstić information content (AvgIpc) is 2.93. The minimum absolute atomic E-state index is 0.221. The first kappa shape index (κ1) is 14.7. The van der Waals surface area contributed by atoms with Gasteiger partial charge in [-0.1, -0.05) is 0 Å². The Morgan fingerprint density at radius 2 is 2.05 bits per heavy atom. The van der Waals surface area contributed by atoms with Crippen molar-refractivity contribution in [1.29, 1.82) is 0 Å². The Hall–Kier alpha value is -1.67. The number of aryl methyl sites for hydroxylation is 3. The Bertz CT molecular complexity index is 714. The molecule has 8 heteroatoms. The average molecular weight is 297 g/mol. The first-order valence-corrected chi connectivity index (χ1v) is 7.84. The highest BCUT2D eigenvalue weighted by Gasteiger charge is 2.20. The van der Waals surface area contributed by atoms with Crippen molar-refractivity contribution >= 4 is 10.0 Å². The van der Waals surface area contributed by atoms with Gasteiger partial charge in [0.25, 0.3) is 0 Å². The van der Waals surface area contributed by atoms with E-state index in [4.69, 9.17) is 0 Å². The maximum Gasteiger partial charge on any atom is 0.244 e. The van der Waals surface area contributed by atoms with E-state index < -0.39 is 10.0 Å². The lowest BCUT2D eigenvalue weighted by molar-refractivity contribution is 0.580. The van der Waals surface area contributed by atoms with E-state index in [0.717, 1.165) is 11.3 Å². The zero-order valence-corrected chi connectivity index (χ0v) is 12.9. The number of hydrogen-bond donors (Lipinski definition) is 1. The minimum Gasteiger partial charge on any atom is -0.273 e. The van der Waals surface area contributed by atoms with Crippen LogP contribution in [0.15, 0.2) is 17.3 Å². The molecule has 1 N–H and O–H groups in total. The number of aromatic nitrogens is 4. The van der Waals surface area contributed by atoms with Crippen LogP contribution in [0.25, 0.3) is 0 Å². The Morgan fingerprint density at radius 1 is 1.35 bits per heavy atom. The van der Waals surface area contributed by atoms with Crippen molar-refractivity contribution in [2.45, 2.75) is 38.8 Å². The molecule has 20 heavy (non-hydrogen) atoms. The predicted octanol–water partition coefficient (Wildman–Crippen LogP) is 0.732. The summed E-state index contributed by atoms with van der Waals surface area (Å²) in [7, 11) is -1.73. The van der Waals surface area contributed by atoms with Crippen LogP contribution in [0.5, 0.6) is 0 Å². The first-order chi connectivity index (χ1) is 9.35. The van der Waals surface area contributed by atoms with Crippen LogP contribution in [-0.4, -0.2) is 28.0 Å². The highest BCUT2D eigenvalue weighted by Crippen LogP contribution is 2.14. The van der Waals surface area contributed by atoms with Gasteiger partial charge in [0.2, 0.25) is 10.0 Å². The minimum atomic E-state index is -3.56. The van der Waals surface area contributed by atoms with Crippen LogP contribution in [0.2, 0.25) is 0 Å². The lowest BCUT2D eigenvalue weighted by Crippen LogP contribution is -2.23. The highest BCUT2D eigenvalue weighted by atomic mass is 32.2. The van der Waals surface area contributed by atoms with Crippen molar-refractivity contribution in [1.82, 2.24) is 24.3 Å². The molecule has 2 rings (SSSR count). The van der Waals surface area contributed by atoms with Gasteiger partial charge in [0.05, 0.1) is 11.9 Å². The topological polar surface area (TPSA) is 81.8 Å². The number of nitrogens with zero attached hydrogens (tertiary/aromatic N) is 4. The SMILES string of the molecule is CCn1cc(S(=O)(=O)NCc2cnn(C)c2C)c(C)n1. The molecule has 2 aromatic rings. The van der Waals surface area contributed by atoms with Crippen molar-refractivity contribution < 1.29 is 8.42 Å². The van der Waals surface area contributed by atoms with Gasteiger partial charge >= 0.3 is 0 Å². The number of nitrogens with one attached hydrogen (secondary N) is 1. The predicted molar refractivity (Wildman–Crippen MR) is 74.6 cm³/mol. The van der Waals surface area contributed by atoms with Crippen LogP contribution in [0.3, 0.4) is 0 Å². The Balaban J connectivity index is 2.19. The second kappa shape index (κ2) is 5.37. The molecule has 2 aromatic heterocycles. The lowest BCUT2D eigenvalue weighted by atomic mass is 10.3. The van der Waals surface area contributed by atoms with Gasteiger partial charge in [0.15, 0.2) is 0 Å². The van der Waals surface area contributed by atoms with Crippen LogP contribution >= 0.6 is 0 Å². The molecule has 0 spiro atoms. The zero-order chi connectivity index (χ0) is 14.9. The van der Waals surface area contributed by atoms with E-state index in [9.17, 15) is 8.42 Å². The summed E-state index contributed by atoms with van der Waals surface area (Å²) in [4.78, 5) is 0.223. The molecule has 7 nitrogen and oxygen atoms in total. The second-order valence-corrected chi connectivity index (χ2v) is 6.37. The fraction of sp³-hybridized carbons (Fsp3) is 0.500. The van der Waals surface area contributed by atoms with Crippen LogP contribution in [-0.2, 0) is 30.2 Å². The van der Waals surface area contributed by atoms with Crippen LogP contribution < -0.4 is 4.72 Å². The molecule has 0 radical (unpaired) electrons. The molecule has 0 aliphatic carbocycles. The Labute approximate surface area is 118 Å². The number of hydrogen-bond acceptors (Lipinski definition) is 4. The maximum absolute atomic E-state index is 12.3. The van der Waals surface area contributed by atoms with Crippen LogP contribution in [0, 0.1) is 13.8 Å². The number of rotatable bonds is 5. The third-order valence-electron chi connectivity index (χ3n) is 3.30. The normalized spacial score (nSPS) is 12.0. The van der Waals surface area contributed by atoms with Gasteiger partial charge in [-0.05, 0) is 20.8 Å². The highest BCUT2D eigenvalue weighted by molar-refractivity contribution is 7.89. The van der Waals surface area contributed by atoms with E-state index in [1.54, 1.807) is 28.7 Å². The first-order valence-electron chi connectivity index (χ1n) is 6.36. The summed E-state index contributed by atoms with van der Waals surface area (Å²) in [6, 6.07) is 0. The van der Waals surface area contributed by atoms with E-state index in [1.807, 2.05) is 20.9 Å². The van der Waals surface area contributed by atoms with Gasteiger partial charge in [0.1, 0.15) is 4.90 Å². The molecule has 0 unspecified atom stereocenters. The van der Waals surface area contributed by atoms with Gasteiger partial charge in [-0.3, -0.25) is 9.36 Å². The summed E-state index contributed by atoms with van der Waals surface area (Å²) >= 11 is 0. The largest absolute Gasteiger partial charge is 0.273 e. The van der Waals surface area contributed by atoms with E-state index in [1.165, 1.54) is 0 Å². The molecule has 110 valence electrons. The summed E-state index contributed by atoms with van der Waals surface area (Å²) in [6.07, 6.45) is 3.22. The Morgan fingerprint density at radius 3 is 2.55 bits per heavy atom. The zero-order valence-electron chi connectivity index (χ0n) is 12.1. The molecule has 0 saturated carbocycles. The fourth-order valence-corrected chi connectivity index (χ4v) is 3.08. The van der Waals surface area contributed by atoms with Crippen LogP contribution in [0.1, 0.15) is 23.9 Å². The standard InChI is InChI=1S/C12H19N5O2S/c1-5-17-8-12(9(2)15-17)20(18,19)14-7-11-6-13-16(4)10(11)3/h6,8,14H,5,7H2,1-4H3. The third kappa shape index (κ3) is 2.75. The van der Waals surface area contributed by atoms with E-state index in [-0.39, 0.29) is 11.4 Å². The molecule has 0 aliphatic heterocycles. The monoisotopic (exact) mass is 297 g/mol. The van der Waals surface area contributed by atoms with Gasteiger partial charge in [0, 0.05) is 37.6 Å². The molecule has 0 amide bonds. The molecule has 0 bridgehead atoms. The maximum atomic E-state index is 12.3. The molecule has 0 saturated heterocycles. The quantitative estimate of drug-likeness (QED) is 0.882. The van der Waals surface area contributed by atoms with Crippen molar-refractivity contribution in [2.75, 3.05) is 0 Å². The van der Waals surface area contributed by atoms with Gasteiger partial charge in [-0.25, -0.2) is 13.1 Å². The molecular formula is C12H19N5O2S. The van der Waals surface area contributed by atoms with E-state index in [0.29, 0.717) is 12.2 Å². The molecule has 2 heterocycles. The molecule has 0 fully saturated rings. The summed E-state index contributed by atoms with van der Waals surface area (Å²) in [5, 5.41) is 8.24. The van der Waals surface area contributed by atoms with E-state index >= 15 is 0 Å². The summed E-state index contributed by atoms with van der Waals surface area (Å²) < 4.78 is 30.5. The van der Waals surface area contributed by atoms with E-state index in [2.05, 4.69) is 14.9 Å². The molecular weight excluding hydrogens is 278 g/mol. The van der Waals surface area contributed by atoms with Crippen molar-refractivity contribution in [3.05, 3.63) is 29.3 Å². The summed E-state index contributed by atoms with van der Waals surface area (Å²) in [6.45, 7) is 6.36. The van der Waals surface area contributed by atoms with Crippen molar-refractivity contribution in [3.8, 4) is 0 Å². The van der Waals surface area contributed by atoms with Crippen molar-refractivity contribution in [2.24, 2.45) is 7.05 Å². The second-order valence-electron chi connectivity index (χ2n) is 4.64. The third-order valence-corrected chi connectivity index (χ3v) is 4.81. The lowest BCUT2D eigenvalue weighted by Gasteiger charge is -2.05. The Kier molecular flexibility index (Phi) is 3.96. The van der Waals surface area contributed by atoms with Crippen molar-refractivity contribution in [3.63, 3.8) is 0 Å². The number of sulfonamides is 1. The van der Waals surface area contributed by atoms with Crippen LogP contribution in [0.4, 0.5) is 0 Å².